The number of hydrogen-bond acceptors (Lipinski definition) is 7. The van der Waals surface area contributed by atoms with E-state index in [9.17, 15) is 22.8 Å². The molecule has 1 aromatic carbocycles. The van der Waals surface area contributed by atoms with Gasteiger partial charge in [-0.2, -0.15) is 0 Å². The standard InChI is InChI=1S/C23H32N4O7S/c1-4-5-6-8-17(14-21(28)26-31)22(29)24-15-25-23(30)20-12-11-19(34-20)16-9-7-10-18(13-16)35(32,33)27(2)3/h7,9-13,17,31H,4-6,8,14-15H2,1-3H3,(H,24,29)(H,25,30)(H,26,28)/t17-/m1/s1. The smallest absolute Gasteiger partial charge is 0.288 e. The molecule has 2 rings (SSSR count). The van der Waals surface area contributed by atoms with Crippen LogP contribution in [-0.4, -0.2) is 56.4 Å². The molecule has 1 aromatic heterocycles. The lowest BCUT2D eigenvalue weighted by molar-refractivity contribution is -0.135. The van der Waals surface area contributed by atoms with Gasteiger partial charge in [0.05, 0.1) is 11.6 Å². The maximum absolute atomic E-state index is 12.5. The summed E-state index contributed by atoms with van der Waals surface area (Å²) in [5.41, 5.74) is 2.02. The Labute approximate surface area is 204 Å². The van der Waals surface area contributed by atoms with Crippen LogP contribution in [-0.2, 0) is 19.6 Å². The van der Waals surface area contributed by atoms with Crippen LogP contribution in [0, 0.1) is 5.92 Å². The highest BCUT2D eigenvalue weighted by Gasteiger charge is 2.22. The third kappa shape index (κ3) is 7.91. The summed E-state index contributed by atoms with van der Waals surface area (Å²) in [6.45, 7) is 1.84. The van der Waals surface area contributed by atoms with Crippen molar-refractivity contribution in [2.75, 3.05) is 20.8 Å². The minimum absolute atomic E-state index is 0.0192. The lowest BCUT2D eigenvalue weighted by Crippen LogP contribution is -2.41. The molecule has 0 aliphatic rings. The highest BCUT2D eigenvalue weighted by molar-refractivity contribution is 7.89. The SMILES string of the molecule is CCCCC[C@H](CC(=O)NO)C(=O)NCNC(=O)c1ccc(-c2cccc(S(=O)(=O)N(C)C)c2)o1. The molecule has 1 atom stereocenters. The number of furan rings is 1. The normalized spacial score (nSPS) is 12.3. The van der Waals surface area contributed by atoms with Crippen LogP contribution in [0.3, 0.4) is 0 Å². The molecule has 0 spiro atoms. The Morgan fingerprint density at radius 1 is 1.09 bits per heavy atom. The third-order valence-corrected chi connectivity index (χ3v) is 7.13. The van der Waals surface area contributed by atoms with Gasteiger partial charge in [0.1, 0.15) is 5.76 Å². The van der Waals surface area contributed by atoms with Gasteiger partial charge in [-0.3, -0.25) is 19.6 Å². The molecule has 2 aromatic rings. The van der Waals surface area contributed by atoms with Gasteiger partial charge >= 0.3 is 0 Å². The van der Waals surface area contributed by atoms with Crippen LogP contribution in [0.5, 0.6) is 0 Å². The maximum atomic E-state index is 12.5. The lowest BCUT2D eigenvalue weighted by Gasteiger charge is -2.16. The average molecular weight is 509 g/mol. The number of rotatable bonds is 13. The second kappa shape index (κ2) is 13.0. The van der Waals surface area contributed by atoms with Crippen LogP contribution in [0.25, 0.3) is 11.3 Å². The van der Waals surface area contributed by atoms with Crippen molar-refractivity contribution in [2.24, 2.45) is 5.92 Å². The summed E-state index contributed by atoms with van der Waals surface area (Å²) in [5, 5.41) is 13.8. The van der Waals surface area contributed by atoms with Crippen molar-refractivity contribution < 1.29 is 32.4 Å². The number of benzene rings is 1. The van der Waals surface area contributed by atoms with E-state index in [0.29, 0.717) is 17.7 Å². The quantitative estimate of drug-likeness (QED) is 0.140. The summed E-state index contributed by atoms with van der Waals surface area (Å²) in [6.07, 6.45) is 2.94. The minimum atomic E-state index is -3.63. The van der Waals surface area contributed by atoms with E-state index in [-0.39, 0.29) is 23.7 Å². The fraction of sp³-hybridized carbons (Fsp3) is 0.435. The summed E-state index contributed by atoms with van der Waals surface area (Å²) in [6, 6.07) is 9.16. The van der Waals surface area contributed by atoms with Crippen LogP contribution in [0.15, 0.2) is 45.7 Å². The van der Waals surface area contributed by atoms with E-state index in [2.05, 4.69) is 10.6 Å². The van der Waals surface area contributed by atoms with Gasteiger partial charge in [0, 0.05) is 32.0 Å². The maximum Gasteiger partial charge on any atom is 0.288 e. The molecule has 11 nitrogen and oxygen atoms in total. The van der Waals surface area contributed by atoms with Crippen LogP contribution < -0.4 is 16.1 Å². The molecule has 1 heterocycles. The molecule has 12 heteroatoms. The molecule has 0 saturated carbocycles. The first-order chi connectivity index (χ1) is 16.6. The zero-order valence-electron chi connectivity index (χ0n) is 20.0. The van der Waals surface area contributed by atoms with E-state index in [0.717, 1.165) is 23.6 Å². The number of nitrogens with zero attached hydrogens (tertiary/aromatic N) is 1. The van der Waals surface area contributed by atoms with E-state index in [4.69, 9.17) is 9.62 Å². The Bertz CT molecular complexity index is 1130. The molecule has 0 fully saturated rings. The Kier molecular flexibility index (Phi) is 10.4. The van der Waals surface area contributed by atoms with Crippen molar-refractivity contribution in [3.8, 4) is 11.3 Å². The zero-order chi connectivity index (χ0) is 26.0. The van der Waals surface area contributed by atoms with Crippen LogP contribution >= 0.6 is 0 Å². The molecule has 0 saturated heterocycles. The molecule has 35 heavy (non-hydrogen) atoms. The van der Waals surface area contributed by atoms with Gasteiger partial charge in [0.15, 0.2) is 5.76 Å². The summed E-state index contributed by atoms with van der Waals surface area (Å²) < 4.78 is 31.4. The summed E-state index contributed by atoms with van der Waals surface area (Å²) in [5.74, 6) is -1.99. The fourth-order valence-electron chi connectivity index (χ4n) is 3.31. The molecule has 0 aliphatic heterocycles. The second-order valence-corrected chi connectivity index (χ2v) is 10.3. The van der Waals surface area contributed by atoms with Gasteiger partial charge in [0.25, 0.3) is 5.91 Å². The number of carbonyl (C=O) groups excluding carboxylic acids is 3. The summed E-state index contributed by atoms with van der Waals surface area (Å²) >= 11 is 0. The Balaban J connectivity index is 1.98. The predicted molar refractivity (Wildman–Crippen MR) is 128 cm³/mol. The van der Waals surface area contributed by atoms with E-state index in [1.54, 1.807) is 18.2 Å². The molecule has 3 amide bonds. The molecular weight excluding hydrogens is 476 g/mol. The highest BCUT2D eigenvalue weighted by Crippen LogP contribution is 2.25. The number of hydrogen-bond donors (Lipinski definition) is 4. The van der Waals surface area contributed by atoms with Crippen molar-refractivity contribution >= 4 is 27.7 Å². The molecule has 0 aliphatic carbocycles. The number of amides is 3. The van der Waals surface area contributed by atoms with Crippen molar-refractivity contribution in [1.82, 2.24) is 20.4 Å². The van der Waals surface area contributed by atoms with Crippen molar-refractivity contribution in [3.63, 3.8) is 0 Å². The lowest BCUT2D eigenvalue weighted by atomic mass is 9.96. The zero-order valence-corrected chi connectivity index (χ0v) is 20.9. The predicted octanol–water partition coefficient (Wildman–Crippen LogP) is 2.09. The van der Waals surface area contributed by atoms with E-state index < -0.39 is 33.7 Å². The third-order valence-electron chi connectivity index (χ3n) is 5.32. The van der Waals surface area contributed by atoms with Crippen molar-refractivity contribution in [2.45, 2.75) is 43.9 Å². The van der Waals surface area contributed by atoms with Crippen LogP contribution in [0.1, 0.15) is 49.6 Å². The minimum Gasteiger partial charge on any atom is -0.451 e. The molecule has 4 N–H and O–H groups in total. The van der Waals surface area contributed by atoms with Crippen molar-refractivity contribution in [1.29, 1.82) is 0 Å². The second-order valence-electron chi connectivity index (χ2n) is 8.13. The molecule has 192 valence electrons. The van der Waals surface area contributed by atoms with Gasteiger partial charge < -0.3 is 15.1 Å². The first-order valence-electron chi connectivity index (χ1n) is 11.2. The Hall–Kier alpha value is -3.22. The Morgan fingerprint density at radius 2 is 1.83 bits per heavy atom. The van der Waals surface area contributed by atoms with Crippen molar-refractivity contribution in [3.05, 3.63) is 42.2 Å². The Morgan fingerprint density at radius 3 is 2.49 bits per heavy atom. The highest BCUT2D eigenvalue weighted by atomic mass is 32.2. The summed E-state index contributed by atoms with van der Waals surface area (Å²) in [7, 11) is -0.757. The topological polar surface area (TPSA) is 158 Å². The first-order valence-corrected chi connectivity index (χ1v) is 12.7. The molecular formula is C23H32N4O7S. The number of carbonyl (C=O) groups is 3. The monoisotopic (exact) mass is 508 g/mol. The van der Waals surface area contributed by atoms with Gasteiger partial charge in [0.2, 0.25) is 21.8 Å². The molecule has 0 radical (unpaired) electrons. The fourth-order valence-corrected chi connectivity index (χ4v) is 4.26. The summed E-state index contributed by atoms with van der Waals surface area (Å²) in [4.78, 5) is 36.5. The number of hydroxylamine groups is 1. The molecule has 0 unspecified atom stereocenters. The van der Waals surface area contributed by atoms with Gasteiger partial charge in [-0.25, -0.2) is 18.2 Å². The number of sulfonamides is 1. The van der Waals surface area contributed by atoms with Gasteiger partial charge in [-0.05, 0) is 30.7 Å². The number of unbranched alkanes of at least 4 members (excludes halogenated alkanes) is 2. The van der Waals surface area contributed by atoms with Gasteiger partial charge in [-0.1, -0.05) is 38.3 Å². The largest absolute Gasteiger partial charge is 0.451 e. The van der Waals surface area contributed by atoms with E-state index >= 15 is 0 Å². The first kappa shape index (κ1) is 28.0. The average Bonchev–Trinajstić information content (AvgIpc) is 3.33. The van der Waals surface area contributed by atoms with E-state index in [1.807, 2.05) is 6.92 Å². The number of nitrogens with one attached hydrogen (secondary N) is 3. The van der Waals surface area contributed by atoms with Crippen LogP contribution in [0.2, 0.25) is 0 Å². The molecule has 0 bridgehead atoms. The van der Waals surface area contributed by atoms with Crippen LogP contribution in [0.4, 0.5) is 0 Å². The van der Waals surface area contributed by atoms with Gasteiger partial charge in [-0.15, -0.1) is 0 Å². The van der Waals surface area contributed by atoms with E-state index in [1.165, 1.54) is 37.8 Å².